The molecule has 1 aliphatic carbocycles. The van der Waals surface area contributed by atoms with E-state index in [1.165, 1.54) is 12.7 Å². The van der Waals surface area contributed by atoms with Crippen molar-refractivity contribution in [2.75, 3.05) is 0 Å². The van der Waals surface area contributed by atoms with Crippen LogP contribution in [0.3, 0.4) is 0 Å². The minimum Gasteiger partial charge on any atom is -0.358 e. The van der Waals surface area contributed by atoms with Crippen LogP contribution in [0.4, 0.5) is 5.82 Å². The molecule has 1 fully saturated rings. The number of rotatable bonds is 2. The normalized spacial score (nSPS) is 16.8. The maximum atomic E-state index is 11.7. The van der Waals surface area contributed by atoms with Crippen LogP contribution < -0.4 is 5.56 Å². The molecule has 0 saturated heterocycles. The first-order valence-corrected chi connectivity index (χ1v) is 6.29. The SMILES string of the molecule is O=c1[nH]cnc2c1c([N+](=O)[O-])nn2C1CCCCC1. The number of aromatic amines is 1. The van der Waals surface area contributed by atoms with Crippen molar-refractivity contribution in [2.24, 2.45) is 0 Å². The Morgan fingerprint density at radius 2 is 2.11 bits per heavy atom. The van der Waals surface area contributed by atoms with Crippen LogP contribution in [-0.2, 0) is 0 Å². The molecule has 2 heterocycles. The second-order valence-corrected chi connectivity index (χ2v) is 4.75. The van der Waals surface area contributed by atoms with Gasteiger partial charge in [-0.05, 0) is 17.8 Å². The van der Waals surface area contributed by atoms with Crippen LogP contribution in [0.2, 0.25) is 0 Å². The van der Waals surface area contributed by atoms with E-state index in [2.05, 4.69) is 15.1 Å². The fourth-order valence-corrected chi connectivity index (χ4v) is 2.67. The summed E-state index contributed by atoms with van der Waals surface area (Å²) in [6.45, 7) is 0. The lowest BCUT2D eigenvalue weighted by Gasteiger charge is -2.19. The summed E-state index contributed by atoms with van der Waals surface area (Å²) in [6, 6.07) is 0.0965. The third-order valence-corrected chi connectivity index (χ3v) is 3.57. The monoisotopic (exact) mass is 263 g/mol. The molecule has 0 bridgehead atoms. The summed E-state index contributed by atoms with van der Waals surface area (Å²) in [7, 11) is 0. The molecule has 19 heavy (non-hydrogen) atoms. The van der Waals surface area contributed by atoms with Crippen molar-refractivity contribution in [3.05, 3.63) is 26.8 Å². The summed E-state index contributed by atoms with van der Waals surface area (Å²) in [5, 5.41) is 15.0. The molecule has 0 unspecified atom stereocenters. The summed E-state index contributed by atoms with van der Waals surface area (Å²) in [5.41, 5.74) is -0.207. The molecule has 0 atom stereocenters. The van der Waals surface area contributed by atoms with Gasteiger partial charge in [-0.2, -0.15) is 4.68 Å². The second kappa shape index (κ2) is 4.45. The van der Waals surface area contributed by atoms with Crippen molar-refractivity contribution < 1.29 is 4.92 Å². The summed E-state index contributed by atoms with van der Waals surface area (Å²) in [5.74, 6) is -0.407. The Morgan fingerprint density at radius 1 is 1.37 bits per heavy atom. The molecule has 100 valence electrons. The third-order valence-electron chi connectivity index (χ3n) is 3.57. The van der Waals surface area contributed by atoms with E-state index in [9.17, 15) is 14.9 Å². The molecule has 1 aliphatic rings. The van der Waals surface area contributed by atoms with Crippen LogP contribution in [0.25, 0.3) is 11.0 Å². The highest BCUT2D eigenvalue weighted by atomic mass is 16.6. The molecule has 0 radical (unpaired) electrons. The van der Waals surface area contributed by atoms with Gasteiger partial charge >= 0.3 is 5.82 Å². The Balaban J connectivity index is 2.22. The van der Waals surface area contributed by atoms with Crippen LogP contribution >= 0.6 is 0 Å². The minimum atomic E-state index is -0.626. The van der Waals surface area contributed by atoms with Crippen molar-refractivity contribution in [1.82, 2.24) is 19.7 Å². The molecule has 0 amide bonds. The first-order valence-electron chi connectivity index (χ1n) is 6.29. The van der Waals surface area contributed by atoms with Crippen LogP contribution in [0.5, 0.6) is 0 Å². The Bertz CT molecular complexity index is 683. The van der Waals surface area contributed by atoms with Gasteiger partial charge in [-0.15, -0.1) is 0 Å². The van der Waals surface area contributed by atoms with E-state index in [-0.39, 0.29) is 11.4 Å². The lowest BCUT2D eigenvalue weighted by Crippen LogP contribution is -2.15. The van der Waals surface area contributed by atoms with E-state index >= 15 is 0 Å². The molecule has 1 saturated carbocycles. The van der Waals surface area contributed by atoms with Gasteiger partial charge in [-0.3, -0.25) is 4.79 Å². The Kier molecular flexibility index (Phi) is 2.77. The molecule has 2 aromatic heterocycles. The van der Waals surface area contributed by atoms with Gasteiger partial charge in [-0.1, -0.05) is 19.3 Å². The smallest absolute Gasteiger partial charge is 0.358 e. The van der Waals surface area contributed by atoms with Crippen LogP contribution in [-0.4, -0.2) is 24.7 Å². The number of hydrogen-bond donors (Lipinski definition) is 1. The lowest BCUT2D eigenvalue weighted by atomic mass is 9.96. The maximum absolute atomic E-state index is 11.7. The van der Waals surface area contributed by atoms with Gasteiger partial charge in [-0.25, -0.2) is 4.98 Å². The summed E-state index contributed by atoms with van der Waals surface area (Å²) in [6.07, 6.45) is 6.41. The second-order valence-electron chi connectivity index (χ2n) is 4.75. The van der Waals surface area contributed by atoms with Crippen molar-refractivity contribution in [1.29, 1.82) is 0 Å². The number of nitro groups is 1. The molecule has 1 N–H and O–H groups in total. The molecule has 0 aliphatic heterocycles. The van der Waals surface area contributed by atoms with Crippen LogP contribution in [0.15, 0.2) is 11.1 Å². The number of aromatic nitrogens is 4. The molecular weight excluding hydrogens is 250 g/mol. The zero-order chi connectivity index (χ0) is 13.4. The Labute approximate surface area is 107 Å². The molecular formula is C11H13N5O3. The fourth-order valence-electron chi connectivity index (χ4n) is 2.67. The molecule has 2 aromatic rings. The average molecular weight is 263 g/mol. The van der Waals surface area contributed by atoms with E-state index in [1.54, 1.807) is 4.68 Å². The highest BCUT2D eigenvalue weighted by Gasteiger charge is 2.30. The summed E-state index contributed by atoms with van der Waals surface area (Å²) in [4.78, 5) is 28.6. The van der Waals surface area contributed by atoms with Crippen LogP contribution in [0.1, 0.15) is 38.1 Å². The predicted molar refractivity (Wildman–Crippen MR) is 66.9 cm³/mol. The topological polar surface area (TPSA) is 107 Å². The average Bonchev–Trinajstić information content (AvgIpc) is 2.81. The molecule has 0 aromatic carbocycles. The van der Waals surface area contributed by atoms with Gasteiger partial charge < -0.3 is 15.1 Å². The van der Waals surface area contributed by atoms with E-state index in [4.69, 9.17) is 0 Å². The van der Waals surface area contributed by atoms with Crippen molar-refractivity contribution >= 4 is 16.9 Å². The lowest BCUT2D eigenvalue weighted by molar-refractivity contribution is -0.388. The maximum Gasteiger partial charge on any atom is 0.405 e. The molecule has 3 rings (SSSR count). The third kappa shape index (κ3) is 1.88. The number of nitrogens with zero attached hydrogens (tertiary/aromatic N) is 4. The first kappa shape index (κ1) is 11.8. The summed E-state index contributed by atoms with van der Waals surface area (Å²) >= 11 is 0. The van der Waals surface area contributed by atoms with E-state index in [0.29, 0.717) is 5.65 Å². The molecule has 0 spiro atoms. The first-order chi connectivity index (χ1) is 9.18. The number of hydrogen-bond acceptors (Lipinski definition) is 5. The van der Waals surface area contributed by atoms with E-state index < -0.39 is 16.3 Å². The quantitative estimate of drug-likeness (QED) is 0.653. The number of nitrogens with one attached hydrogen (secondary N) is 1. The van der Waals surface area contributed by atoms with Crippen molar-refractivity contribution in [3.8, 4) is 0 Å². The zero-order valence-electron chi connectivity index (χ0n) is 10.2. The summed E-state index contributed by atoms with van der Waals surface area (Å²) < 4.78 is 1.56. The van der Waals surface area contributed by atoms with Gasteiger partial charge in [0.15, 0.2) is 11.0 Å². The van der Waals surface area contributed by atoms with Gasteiger partial charge in [0.2, 0.25) is 0 Å². The van der Waals surface area contributed by atoms with Gasteiger partial charge in [0.05, 0.1) is 17.5 Å². The van der Waals surface area contributed by atoms with Crippen molar-refractivity contribution in [2.45, 2.75) is 38.1 Å². The van der Waals surface area contributed by atoms with Gasteiger partial charge in [0.25, 0.3) is 5.56 Å². The predicted octanol–water partition coefficient (Wildman–Crippen LogP) is 1.53. The largest absolute Gasteiger partial charge is 0.405 e. The van der Waals surface area contributed by atoms with Gasteiger partial charge in [0.1, 0.15) is 0 Å². The Morgan fingerprint density at radius 3 is 2.79 bits per heavy atom. The highest BCUT2D eigenvalue weighted by molar-refractivity contribution is 5.82. The van der Waals surface area contributed by atoms with E-state index in [1.807, 2.05) is 0 Å². The van der Waals surface area contributed by atoms with Crippen molar-refractivity contribution in [3.63, 3.8) is 0 Å². The highest BCUT2D eigenvalue weighted by Crippen LogP contribution is 2.31. The number of fused-ring (bicyclic) bond motifs is 1. The van der Waals surface area contributed by atoms with E-state index in [0.717, 1.165) is 25.7 Å². The van der Waals surface area contributed by atoms with Gasteiger partial charge in [0, 0.05) is 0 Å². The fraction of sp³-hybridized carbons (Fsp3) is 0.545. The van der Waals surface area contributed by atoms with Crippen LogP contribution in [0, 0.1) is 10.1 Å². The molecule has 8 heteroatoms. The Hall–Kier alpha value is -2.25. The zero-order valence-corrected chi connectivity index (χ0v) is 10.2. The standard InChI is InChI=1S/C11H13N5O3/c17-11-8-9(12-6-13-11)15(14-10(8)16(18)19)7-4-2-1-3-5-7/h6-7H,1-5H2,(H,12,13,17). The number of H-pyrrole nitrogens is 1. The minimum absolute atomic E-state index is 0.0296. The molecule has 8 nitrogen and oxygen atoms in total.